The molecule has 0 bridgehead atoms. The van der Waals surface area contributed by atoms with E-state index in [4.69, 9.17) is 0 Å². The number of Topliss-reactive ketones (excluding diaryl/α,β-unsaturated/α-hetero) is 1. The number of hydrogen-bond donors (Lipinski definition) is 0. The fourth-order valence-electron chi connectivity index (χ4n) is 3.21. The molecular weight excluding hydrogens is 328 g/mol. The highest BCUT2D eigenvalue weighted by Crippen LogP contribution is 2.29. The summed E-state index contributed by atoms with van der Waals surface area (Å²) in [4.78, 5) is 29.4. The summed E-state index contributed by atoms with van der Waals surface area (Å²) in [6.07, 6.45) is 5.19. The van der Waals surface area contributed by atoms with E-state index in [0.717, 1.165) is 31.1 Å². The second-order valence-electron chi connectivity index (χ2n) is 6.27. The van der Waals surface area contributed by atoms with Crippen LogP contribution >= 0.6 is 23.1 Å². The minimum atomic E-state index is 0.191. The van der Waals surface area contributed by atoms with Crippen LogP contribution in [0, 0.1) is 0 Å². The molecule has 1 aromatic heterocycles. The van der Waals surface area contributed by atoms with Gasteiger partial charge in [-0.3, -0.25) is 14.5 Å². The second-order valence-corrected chi connectivity index (χ2v) is 8.51. The van der Waals surface area contributed by atoms with Gasteiger partial charge in [-0.25, -0.2) is 0 Å². The highest BCUT2D eigenvalue weighted by Gasteiger charge is 2.24. The zero-order valence-electron chi connectivity index (χ0n) is 13.4. The number of thiophene rings is 1. The number of hydrogen-bond acceptors (Lipinski definition) is 5. The van der Waals surface area contributed by atoms with Crippen LogP contribution in [0.15, 0.2) is 17.5 Å². The Kier molecular flexibility index (Phi) is 6.14. The highest BCUT2D eigenvalue weighted by molar-refractivity contribution is 8.00. The molecule has 2 fully saturated rings. The Labute approximate surface area is 146 Å². The van der Waals surface area contributed by atoms with E-state index in [1.54, 1.807) is 0 Å². The van der Waals surface area contributed by atoms with E-state index in [9.17, 15) is 9.59 Å². The molecule has 1 saturated carbocycles. The summed E-state index contributed by atoms with van der Waals surface area (Å²) < 4.78 is 0. The maximum absolute atomic E-state index is 12.3. The van der Waals surface area contributed by atoms with Crippen LogP contribution in [0.25, 0.3) is 0 Å². The average Bonchev–Trinajstić information content (AvgIpc) is 3.26. The quantitative estimate of drug-likeness (QED) is 0.738. The number of nitrogens with zero attached hydrogens (tertiary/aromatic N) is 2. The minimum Gasteiger partial charge on any atom is -0.339 e. The molecule has 4 nitrogen and oxygen atoms in total. The molecule has 1 saturated heterocycles. The van der Waals surface area contributed by atoms with Gasteiger partial charge in [0.25, 0.3) is 0 Å². The number of amides is 1. The zero-order valence-corrected chi connectivity index (χ0v) is 15.0. The molecule has 0 radical (unpaired) electrons. The van der Waals surface area contributed by atoms with Gasteiger partial charge in [-0.1, -0.05) is 18.9 Å². The molecule has 0 spiro atoms. The summed E-state index contributed by atoms with van der Waals surface area (Å²) in [5.74, 6) is 1.08. The molecule has 0 unspecified atom stereocenters. The van der Waals surface area contributed by atoms with Gasteiger partial charge in [0.1, 0.15) is 0 Å². The first-order valence-electron chi connectivity index (χ1n) is 8.41. The summed E-state index contributed by atoms with van der Waals surface area (Å²) in [5, 5.41) is 2.63. The Hall–Kier alpha value is -0.850. The van der Waals surface area contributed by atoms with Gasteiger partial charge >= 0.3 is 0 Å². The Bertz CT molecular complexity index is 519. The van der Waals surface area contributed by atoms with Crippen LogP contribution in [0.5, 0.6) is 0 Å². The van der Waals surface area contributed by atoms with Crippen LogP contribution in [0.3, 0.4) is 0 Å². The maximum Gasteiger partial charge on any atom is 0.232 e. The van der Waals surface area contributed by atoms with Gasteiger partial charge in [-0.2, -0.15) is 0 Å². The standard InChI is InChI=1S/C17H24N2O2S2/c20-15(16-6-3-11-22-16)12-18-7-9-19(10-8-18)17(21)13-23-14-4-1-2-5-14/h3,6,11,14H,1-2,4-5,7-10,12-13H2. The maximum atomic E-state index is 12.3. The first-order valence-corrected chi connectivity index (χ1v) is 10.3. The lowest BCUT2D eigenvalue weighted by Crippen LogP contribution is -2.50. The van der Waals surface area contributed by atoms with Crippen LogP contribution in [0.1, 0.15) is 35.4 Å². The molecule has 6 heteroatoms. The van der Waals surface area contributed by atoms with Crippen molar-refractivity contribution < 1.29 is 9.59 Å². The van der Waals surface area contributed by atoms with Crippen LogP contribution < -0.4 is 0 Å². The summed E-state index contributed by atoms with van der Waals surface area (Å²) in [5.41, 5.74) is 0. The lowest BCUT2D eigenvalue weighted by Gasteiger charge is -2.34. The van der Waals surface area contributed by atoms with E-state index in [1.165, 1.54) is 37.0 Å². The third kappa shape index (κ3) is 4.81. The van der Waals surface area contributed by atoms with Crippen molar-refractivity contribution in [1.82, 2.24) is 9.80 Å². The summed E-state index contributed by atoms with van der Waals surface area (Å²) in [6, 6.07) is 3.80. The number of carbonyl (C=O) groups is 2. The van der Waals surface area contributed by atoms with Crippen LogP contribution in [-0.2, 0) is 4.79 Å². The molecule has 126 valence electrons. The molecule has 1 aliphatic carbocycles. The van der Waals surface area contributed by atoms with Crippen molar-refractivity contribution >= 4 is 34.8 Å². The van der Waals surface area contributed by atoms with E-state index in [-0.39, 0.29) is 11.7 Å². The monoisotopic (exact) mass is 352 g/mol. The molecular formula is C17H24N2O2S2. The van der Waals surface area contributed by atoms with Gasteiger partial charge in [0.2, 0.25) is 5.91 Å². The van der Waals surface area contributed by atoms with E-state index in [2.05, 4.69) is 4.90 Å². The Morgan fingerprint density at radius 1 is 1.17 bits per heavy atom. The third-order valence-corrected chi connectivity index (χ3v) is 6.90. The number of carbonyl (C=O) groups excluding carboxylic acids is 2. The van der Waals surface area contributed by atoms with Crippen molar-refractivity contribution in [2.45, 2.75) is 30.9 Å². The smallest absolute Gasteiger partial charge is 0.232 e. The number of piperazine rings is 1. The average molecular weight is 353 g/mol. The van der Waals surface area contributed by atoms with Crippen LogP contribution in [0.2, 0.25) is 0 Å². The Morgan fingerprint density at radius 3 is 2.57 bits per heavy atom. The fourth-order valence-corrected chi connectivity index (χ4v) is 5.09. The number of ketones is 1. The van der Waals surface area contributed by atoms with Crippen molar-refractivity contribution in [3.05, 3.63) is 22.4 Å². The number of rotatable bonds is 6. The molecule has 3 rings (SSSR count). The lowest BCUT2D eigenvalue weighted by molar-refractivity contribution is -0.129. The topological polar surface area (TPSA) is 40.6 Å². The normalized spacial score (nSPS) is 20.1. The molecule has 0 aromatic carbocycles. The third-order valence-electron chi connectivity index (χ3n) is 4.63. The molecule has 2 heterocycles. The first-order chi connectivity index (χ1) is 11.2. The van der Waals surface area contributed by atoms with Gasteiger partial charge in [-0.15, -0.1) is 23.1 Å². The molecule has 0 N–H and O–H groups in total. The van der Waals surface area contributed by atoms with Crippen LogP contribution in [-0.4, -0.2) is 65.2 Å². The van der Waals surface area contributed by atoms with Gasteiger partial charge in [0.05, 0.1) is 17.2 Å². The van der Waals surface area contributed by atoms with Crippen molar-refractivity contribution in [3.8, 4) is 0 Å². The second kappa shape index (κ2) is 8.31. The molecule has 0 atom stereocenters. The predicted octanol–water partition coefficient (Wildman–Crippen LogP) is 2.75. The molecule has 1 amide bonds. The van der Waals surface area contributed by atoms with E-state index < -0.39 is 0 Å². The van der Waals surface area contributed by atoms with Gasteiger partial charge < -0.3 is 4.90 Å². The summed E-state index contributed by atoms with van der Waals surface area (Å²) in [7, 11) is 0. The minimum absolute atomic E-state index is 0.191. The summed E-state index contributed by atoms with van der Waals surface area (Å²) >= 11 is 3.34. The lowest BCUT2D eigenvalue weighted by atomic mass is 10.2. The summed E-state index contributed by atoms with van der Waals surface area (Å²) in [6.45, 7) is 3.58. The van der Waals surface area contributed by atoms with E-state index >= 15 is 0 Å². The van der Waals surface area contributed by atoms with Crippen molar-refractivity contribution in [2.24, 2.45) is 0 Å². The van der Waals surface area contributed by atoms with Crippen LogP contribution in [0.4, 0.5) is 0 Å². The van der Waals surface area contributed by atoms with Crippen molar-refractivity contribution in [2.75, 3.05) is 38.5 Å². The number of thioether (sulfide) groups is 1. The van der Waals surface area contributed by atoms with E-state index in [0.29, 0.717) is 17.5 Å². The molecule has 1 aromatic rings. The highest BCUT2D eigenvalue weighted by atomic mass is 32.2. The fraction of sp³-hybridized carbons (Fsp3) is 0.647. The van der Waals surface area contributed by atoms with Gasteiger partial charge in [-0.05, 0) is 24.3 Å². The predicted molar refractivity (Wildman–Crippen MR) is 96.4 cm³/mol. The molecule has 2 aliphatic rings. The molecule has 1 aliphatic heterocycles. The van der Waals surface area contributed by atoms with Crippen molar-refractivity contribution in [1.29, 1.82) is 0 Å². The Balaban J connectivity index is 1.37. The Morgan fingerprint density at radius 2 is 1.91 bits per heavy atom. The molecule has 23 heavy (non-hydrogen) atoms. The van der Waals surface area contributed by atoms with Crippen molar-refractivity contribution in [3.63, 3.8) is 0 Å². The van der Waals surface area contributed by atoms with Gasteiger partial charge in [0, 0.05) is 31.4 Å². The largest absolute Gasteiger partial charge is 0.339 e. The zero-order chi connectivity index (χ0) is 16.1. The van der Waals surface area contributed by atoms with E-state index in [1.807, 2.05) is 34.2 Å². The van der Waals surface area contributed by atoms with Gasteiger partial charge in [0.15, 0.2) is 5.78 Å². The SMILES string of the molecule is O=C(CN1CCN(C(=O)CSC2CCCC2)CC1)c1cccs1. The first kappa shape index (κ1) is 17.0.